The van der Waals surface area contributed by atoms with Crippen LogP contribution in [0.1, 0.15) is 29.5 Å². The second kappa shape index (κ2) is 3.48. The van der Waals surface area contributed by atoms with Crippen molar-refractivity contribution in [3.8, 4) is 0 Å². The van der Waals surface area contributed by atoms with E-state index < -0.39 is 23.1 Å². The summed E-state index contributed by atoms with van der Waals surface area (Å²) >= 11 is 0. The smallest absolute Gasteiger partial charge is 0.416 e. The Hall–Kier alpha value is -1.52. The highest BCUT2D eigenvalue weighted by Crippen LogP contribution is 2.49. The lowest BCUT2D eigenvalue weighted by atomic mass is 9.92. The summed E-state index contributed by atoms with van der Waals surface area (Å²) in [6.45, 7) is 1.37. The van der Waals surface area contributed by atoms with Gasteiger partial charge in [0, 0.05) is 0 Å². The Bertz CT molecular complexity index is 473. The number of benzene rings is 1. The molecule has 1 aliphatic carbocycles. The van der Waals surface area contributed by atoms with Crippen LogP contribution < -0.4 is 0 Å². The average molecular weight is 244 g/mol. The Balaban J connectivity index is 2.49. The zero-order valence-electron chi connectivity index (χ0n) is 9.14. The Kier molecular flexibility index (Phi) is 2.45. The van der Waals surface area contributed by atoms with Gasteiger partial charge in [0.25, 0.3) is 0 Å². The van der Waals surface area contributed by atoms with Crippen molar-refractivity contribution in [3.05, 3.63) is 34.9 Å². The third kappa shape index (κ3) is 1.90. The summed E-state index contributed by atoms with van der Waals surface area (Å²) in [5, 5.41) is 9.04. The molecule has 1 aromatic carbocycles. The highest BCUT2D eigenvalue weighted by atomic mass is 19.4. The van der Waals surface area contributed by atoms with Crippen LogP contribution in [0.2, 0.25) is 0 Å². The molecule has 92 valence electrons. The average Bonchev–Trinajstić information content (AvgIpc) is 2.97. The van der Waals surface area contributed by atoms with Crippen LogP contribution in [0.15, 0.2) is 18.2 Å². The van der Waals surface area contributed by atoms with Gasteiger partial charge in [0.2, 0.25) is 0 Å². The molecule has 1 saturated carbocycles. The van der Waals surface area contributed by atoms with Gasteiger partial charge in [-0.3, -0.25) is 4.79 Å². The van der Waals surface area contributed by atoms with E-state index in [1.807, 2.05) is 0 Å². The van der Waals surface area contributed by atoms with Gasteiger partial charge >= 0.3 is 12.1 Å². The topological polar surface area (TPSA) is 37.3 Å². The van der Waals surface area contributed by atoms with Gasteiger partial charge in [-0.2, -0.15) is 13.2 Å². The second-order valence-electron chi connectivity index (χ2n) is 4.41. The van der Waals surface area contributed by atoms with Gasteiger partial charge in [-0.25, -0.2) is 0 Å². The van der Waals surface area contributed by atoms with Crippen LogP contribution in [0.5, 0.6) is 0 Å². The van der Waals surface area contributed by atoms with Gasteiger partial charge in [0.05, 0.1) is 11.0 Å². The normalized spacial score (nSPS) is 17.9. The molecule has 0 unspecified atom stereocenters. The summed E-state index contributed by atoms with van der Waals surface area (Å²) in [5.41, 5.74) is -1.47. The zero-order valence-corrected chi connectivity index (χ0v) is 9.14. The minimum atomic E-state index is -4.44. The maximum Gasteiger partial charge on any atom is 0.416 e. The largest absolute Gasteiger partial charge is 0.481 e. The predicted octanol–water partition coefficient (Wildman–Crippen LogP) is 3.13. The van der Waals surface area contributed by atoms with Gasteiger partial charge in [0.15, 0.2) is 0 Å². The van der Waals surface area contributed by atoms with Crippen molar-refractivity contribution in [1.29, 1.82) is 0 Å². The number of halogens is 3. The van der Waals surface area contributed by atoms with Crippen molar-refractivity contribution in [2.75, 3.05) is 0 Å². The van der Waals surface area contributed by atoms with Crippen LogP contribution in [0.4, 0.5) is 13.2 Å². The van der Waals surface area contributed by atoms with Crippen molar-refractivity contribution in [2.24, 2.45) is 0 Å². The summed E-state index contributed by atoms with van der Waals surface area (Å²) in [6, 6.07) is 3.78. The summed E-state index contributed by atoms with van der Waals surface area (Å²) in [6.07, 6.45) is -3.62. The minimum Gasteiger partial charge on any atom is -0.481 e. The molecule has 0 radical (unpaired) electrons. The summed E-state index contributed by atoms with van der Waals surface area (Å²) < 4.78 is 38.1. The first-order valence-corrected chi connectivity index (χ1v) is 5.19. The number of alkyl halides is 3. The fourth-order valence-electron chi connectivity index (χ4n) is 1.98. The van der Waals surface area contributed by atoms with E-state index in [0.29, 0.717) is 12.8 Å². The van der Waals surface area contributed by atoms with Crippen molar-refractivity contribution in [1.82, 2.24) is 0 Å². The van der Waals surface area contributed by atoms with Crippen LogP contribution in [0, 0.1) is 6.92 Å². The maximum atomic E-state index is 12.7. The molecule has 0 spiro atoms. The molecule has 0 aromatic heterocycles. The van der Waals surface area contributed by atoms with Crippen molar-refractivity contribution >= 4 is 5.97 Å². The lowest BCUT2D eigenvalue weighted by Crippen LogP contribution is -2.20. The van der Waals surface area contributed by atoms with Gasteiger partial charge in [-0.1, -0.05) is 12.1 Å². The quantitative estimate of drug-likeness (QED) is 0.867. The molecule has 0 heterocycles. The number of hydrogen-bond donors (Lipinski definition) is 1. The Morgan fingerprint density at radius 1 is 1.35 bits per heavy atom. The molecule has 1 aromatic rings. The molecule has 0 amide bonds. The molecule has 1 N–H and O–H groups in total. The SMILES string of the molecule is Cc1ccc(C2(C(=O)O)CC2)cc1C(F)(F)F. The van der Waals surface area contributed by atoms with Gasteiger partial charge in [-0.05, 0) is 37.0 Å². The van der Waals surface area contributed by atoms with E-state index >= 15 is 0 Å². The molecule has 0 saturated heterocycles. The van der Waals surface area contributed by atoms with Crippen LogP contribution in [-0.2, 0) is 16.4 Å². The number of hydrogen-bond acceptors (Lipinski definition) is 1. The molecule has 2 rings (SSSR count). The van der Waals surface area contributed by atoms with E-state index in [0.717, 1.165) is 6.07 Å². The lowest BCUT2D eigenvalue weighted by Gasteiger charge is -2.15. The van der Waals surface area contributed by atoms with E-state index in [2.05, 4.69) is 0 Å². The van der Waals surface area contributed by atoms with Crippen LogP contribution in [0.3, 0.4) is 0 Å². The third-order valence-corrected chi connectivity index (χ3v) is 3.25. The van der Waals surface area contributed by atoms with Gasteiger partial charge in [0.1, 0.15) is 0 Å². The monoisotopic (exact) mass is 244 g/mol. The van der Waals surface area contributed by atoms with Crippen LogP contribution in [-0.4, -0.2) is 11.1 Å². The lowest BCUT2D eigenvalue weighted by molar-refractivity contribution is -0.141. The van der Waals surface area contributed by atoms with Gasteiger partial charge < -0.3 is 5.11 Å². The number of aryl methyl sites for hydroxylation is 1. The first-order chi connectivity index (χ1) is 7.77. The first-order valence-electron chi connectivity index (χ1n) is 5.19. The van der Waals surface area contributed by atoms with Crippen LogP contribution in [0.25, 0.3) is 0 Å². The molecule has 17 heavy (non-hydrogen) atoms. The van der Waals surface area contributed by atoms with E-state index in [1.54, 1.807) is 0 Å². The standard InChI is InChI=1S/C12H11F3O2/c1-7-2-3-8(6-9(7)12(13,14)15)11(4-5-11)10(16)17/h2-3,6H,4-5H2,1H3,(H,16,17). The second-order valence-corrected chi connectivity index (χ2v) is 4.41. The molecule has 2 nitrogen and oxygen atoms in total. The Labute approximate surface area is 96.1 Å². The molecular weight excluding hydrogens is 233 g/mol. The summed E-state index contributed by atoms with van der Waals surface area (Å²) in [4.78, 5) is 11.0. The number of carboxylic acids is 1. The maximum absolute atomic E-state index is 12.7. The number of rotatable bonds is 2. The molecular formula is C12H11F3O2. The number of aliphatic carboxylic acids is 1. The minimum absolute atomic E-state index is 0.113. The highest BCUT2D eigenvalue weighted by Gasteiger charge is 2.52. The number of carbonyl (C=O) groups is 1. The molecule has 0 aliphatic heterocycles. The molecule has 1 fully saturated rings. The molecule has 0 bridgehead atoms. The Morgan fingerprint density at radius 3 is 2.35 bits per heavy atom. The van der Waals surface area contributed by atoms with E-state index in [1.165, 1.54) is 19.1 Å². The fourth-order valence-corrected chi connectivity index (χ4v) is 1.98. The van der Waals surface area contributed by atoms with Crippen molar-refractivity contribution < 1.29 is 23.1 Å². The third-order valence-electron chi connectivity index (χ3n) is 3.25. The Morgan fingerprint density at radius 2 is 1.94 bits per heavy atom. The van der Waals surface area contributed by atoms with Crippen molar-refractivity contribution in [3.63, 3.8) is 0 Å². The number of carboxylic acid groups (broad SMARTS) is 1. The van der Waals surface area contributed by atoms with E-state index in [9.17, 15) is 18.0 Å². The van der Waals surface area contributed by atoms with E-state index in [-0.39, 0.29) is 11.1 Å². The van der Waals surface area contributed by atoms with Crippen molar-refractivity contribution in [2.45, 2.75) is 31.4 Å². The van der Waals surface area contributed by atoms with E-state index in [4.69, 9.17) is 5.11 Å². The predicted molar refractivity (Wildman–Crippen MR) is 54.7 cm³/mol. The molecule has 0 atom stereocenters. The first kappa shape index (κ1) is 12.0. The summed E-state index contributed by atoms with van der Waals surface area (Å²) in [7, 11) is 0. The van der Waals surface area contributed by atoms with Crippen LogP contribution >= 0.6 is 0 Å². The van der Waals surface area contributed by atoms with Gasteiger partial charge in [-0.15, -0.1) is 0 Å². The molecule has 5 heteroatoms. The highest BCUT2D eigenvalue weighted by molar-refractivity contribution is 5.85. The molecule has 1 aliphatic rings. The zero-order chi connectivity index (χ0) is 12.8. The fraction of sp³-hybridized carbons (Fsp3) is 0.417. The summed E-state index contributed by atoms with van der Waals surface area (Å²) in [5.74, 6) is -1.05.